The van der Waals surface area contributed by atoms with Gasteiger partial charge >= 0.3 is 0 Å². The Bertz CT molecular complexity index is 275. The summed E-state index contributed by atoms with van der Waals surface area (Å²) in [4.78, 5) is 0. The molecule has 0 aromatic heterocycles. The molecule has 1 aliphatic heterocycles. The van der Waals surface area contributed by atoms with Crippen molar-refractivity contribution in [1.29, 1.82) is 0 Å². The van der Waals surface area contributed by atoms with Crippen LogP contribution in [0, 0.1) is 0 Å². The van der Waals surface area contributed by atoms with Gasteiger partial charge in [0.1, 0.15) is 5.76 Å². The molecule has 0 saturated heterocycles. The number of hydrogen-bond acceptors (Lipinski definition) is 3. The van der Waals surface area contributed by atoms with Crippen LogP contribution in [0.25, 0.3) is 0 Å². The molecule has 0 unspecified atom stereocenters. The van der Waals surface area contributed by atoms with Crippen LogP contribution >= 0.6 is 0 Å². The maximum Gasteiger partial charge on any atom is 0.254 e. The fourth-order valence-corrected chi connectivity index (χ4v) is 1.27. The average molecular weight is 161 g/mol. The lowest BCUT2D eigenvalue weighted by molar-refractivity contribution is 0.398. The molecule has 2 N–H and O–H groups in total. The van der Waals surface area contributed by atoms with Gasteiger partial charge in [-0.15, -0.1) is 0 Å². The normalized spacial score (nSPS) is 22.6. The van der Waals surface area contributed by atoms with E-state index in [4.69, 9.17) is 5.11 Å². The first kappa shape index (κ1) is 7.14. The van der Waals surface area contributed by atoms with E-state index in [0.29, 0.717) is 0 Å². The van der Waals surface area contributed by atoms with Crippen LogP contribution in [0.15, 0.2) is 23.4 Å². The Morgan fingerprint density at radius 3 is 3.00 bits per heavy atom. The number of allylic oxidation sites excluding steroid dienone is 1. The topological polar surface area (TPSA) is 66.4 Å². The molecule has 0 fully saturated rings. The Hall–Kier alpha value is -0.970. The van der Waals surface area contributed by atoms with E-state index in [-0.39, 0.29) is 12.2 Å². The molecular formula is C5H7NO3S. The van der Waals surface area contributed by atoms with Crippen LogP contribution in [0.3, 0.4) is 0 Å². The van der Waals surface area contributed by atoms with E-state index >= 15 is 0 Å². The summed E-state index contributed by atoms with van der Waals surface area (Å²) in [6.07, 6.45) is 2.70. The average Bonchev–Trinajstić information content (AvgIpc) is 1.94. The molecule has 0 aliphatic carbocycles. The van der Waals surface area contributed by atoms with Crippen molar-refractivity contribution in [3.05, 3.63) is 23.4 Å². The maximum absolute atomic E-state index is 10.7. The molecule has 1 rings (SSSR count). The van der Waals surface area contributed by atoms with Crippen LogP contribution in [-0.2, 0) is 10.0 Å². The molecular weight excluding hydrogens is 154 g/mol. The zero-order valence-electron chi connectivity index (χ0n) is 5.11. The largest absolute Gasteiger partial charge is 0.510 e. The quantitative estimate of drug-likeness (QED) is 0.534. The summed E-state index contributed by atoms with van der Waals surface area (Å²) in [5, 5.41) is 9.82. The number of sulfonamides is 1. The Kier molecular flexibility index (Phi) is 1.67. The van der Waals surface area contributed by atoms with Crippen molar-refractivity contribution >= 4 is 10.0 Å². The van der Waals surface area contributed by atoms with E-state index in [1.165, 1.54) is 6.08 Å². The van der Waals surface area contributed by atoms with Crippen molar-refractivity contribution < 1.29 is 13.5 Å². The number of hydrogen-bond donors (Lipinski definition) is 2. The summed E-state index contributed by atoms with van der Waals surface area (Å²) in [5.74, 6) is 0.0114. The molecule has 5 heteroatoms. The van der Waals surface area contributed by atoms with Gasteiger partial charge in [-0.3, -0.25) is 4.72 Å². The van der Waals surface area contributed by atoms with Crippen LogP contribution in [0.5, 0.6) is 0 Å². The second kappa shape index (κ2) is 2.34. The minimum Gasteiger partial charge on any atom is -0.510 e. The minimum atomic E-state index is -3.32. The molecule has 0 atom stereocenters. The summed E-state index contributed by atoms with van der Waals surface area (Å²) < 4.78 is 23.4. The Labute approximate surface area is 58.9 Å². The predicted molar refractivity (Wildman–Crippen MR) is 36.5 cm³/mol. The Morgan fingerprint density at radius 1 is 1.60 bits per heavy atom. The first-order valence-electron chi connectivity index (χ1n) is 2.67. The van der Waals surface area contributed by atoms with Crippen LogP contribution < -0.4 is 4.72 Å². The van der Waals surface area contributed by atoms with Gasteiger partial charge in [0.05, 0.1) is 0 Å². The van der Waals surface area contributed by atoms with Gasteiger partial charge in [-0.2, -0.15) is 0 Å². The second-order valence-electron chi connectivity index (χ2n) is 1.87. The van der Waals surface area contributed by atoms with Crippen molar-refractivity contribution in [2.24, 2.45) is 0 Å². The minimum absolute atomic E-state index is 0.0114. The van der Waals surface area contributed by atoms with Crippen molar-refractivity contribution in [3.8, 4) is 0 Å². The van der Waals surface area contributed by atoms with E-state index in [1.807, 2.05) is 4.72 Å². The van der Waals surface area contributed by atoms with Crippen molar-refractivity contribution in [1.82, 2.24) is 4.72 Å². The molecule has 10 heavy (non-hydrogen) atoms. The van der Waals surface area contributed by atoms with Crippen LogP contribution in [0.2, 0.25) is 0 Å². The lowest BCUT2D eigenvalue weighted by Crippen LogP contribution is -2.13. The standard InChI is InChI=1S/C5H7NO3S/c7-5-2-1-3-10(8,9)6-4-5/h1,3-4,6-7H,2H2. The van der Waals surface area contributed by atoms with Gasteiger partial charge < -0.3 is 5.11 Å². The fraction of sp³-hybridized carbons (Fsp3) is 0.200. The third-order valence-electron chi connectivity index (χ3n) is 0.992. The Balaban J connectivity index is 2.93. The molecule has 4 nitrogen and oxygen atoms in total. The molecule has 0 aromatic rings. The monoisotopic (exact) mass is 161 g/mol. The van der Waals surface area contributed by atoms with Gasteiger partial charge in [-0.05, 0) is 0 Å². The third kappa shape index (κ3) is 1.77. The van der Waals surface area contributed by atoms with Crippen molar-refractivity contribution in [2.45, 2.75) is 6.42 Å². The van der Waals surface area contributed by atoms with E-state index < -0.39 is 10.0 Å². The SMILES string of the molecule is O=S1(=O)C=CCC(O)=CN1. The fourth-order valence-electron chi connectivity index (χ4n) is 0.544. The number of rotatable bonds is 0. The molecule has 0 bridgehead atoms. The van der Waals surface area contributed by atoms with E-state index in [2.05, 4.69) is 0 Å². The second-order valence-corrected chi connectivity index (χ2v) is 3.47. The van der Waals surface area contributed by atoms with Gasteiger partial charge in [-0.1, -0.05) is 6.08 Å². The van der Waals surface area contributed by atoms with Gasteiger partial charge in [0, 0.05) is 18.0 Å². The van der Waals surface area contributed by atoms with E-state index in [9.17, 15) is 8.42 Å². The first-order chi connectivity index (χ1) is 4.60. The van der Waals surface area contributed by atoms with Gasteiger partial charge in [0.25, 0.3) is 10.0 Å². The highest BCUT2D eigenvalue weighted by Gasteiger charge is 2.05. The van der Waals surface area contributed by atoms with Crippen molar-refractivity contribution in [3.63, 3.8) is 0 Å². The summed E-state index contributed by atoms with van der Waals surface area (Å²) in [6.45, 7) is 0. The van der Waals surface area contributed by atoms with Crippen LogP contribution in [0.1, 0.15) is 6.42 Å². The van der Waals surface area contributed by atoms with E-state index in [1.54, 1.807) is 0 Å². The lowest BCUT2D eigenvalue weighted by atomic mass is 10.4. The third-order valence-corrected chi connectivity index (χ3v) is 1.99. The first-order valence-corrected chi connectivity index (χ1v) is 4.22. The number of nitrogens with one attached hydrogen (secondary N) is 1. The summed E-state index contributed by atoms with van der Waals surface area (Å²) in [5.41, 5.74) is 0. The number of aliphatic hydroxyl groups is 1. The molecule has 0 radical (unpaired) electrons. The summed E-state index contributed by atoms with van der Waals surface area (Å²) >= 11 is 0. The highest BCUT2D eigenvalue weighted by Crippen LogP contribution is 2.02. The van der Waals surface area contributed by atoms with Crippen LogP contribution in [0.4, 0.5) is 0 Å². The van der Waals surface area contributed by atoms with Crippen LogP contribution in [-0.4, -0.2) is 13.5 Å². The highest BCUT2D eigenvalue weighted by atomic mass is 32.2. The summed E-state index contributed by atoms with van der Waals surface area (Å²) in [6, 6.07) is 0. The summed E-state index contributed by atoms with van der Waals surface area (Å²) in [7, 11) is -3.32. The smallest absolute Gasteiger partial charge is 0.254 e. The lowest BCUT2D eigenvalue weighted by Gasteiger charge is -1.93. The zero-order valence-corrected chi connectivity index (χ0v) is 5.93. The van der Waals surface area contributed by atoms with Gasteiger partial charge in [0.2, 0.25) is 0 Å². The van der Waals surface area contributed by atoms with E-state index in [0.717, 1.165) is 11.6 Å². The van der Waals surface area contributed by atoms with Gasteiger partial charge in [-0.25, -0.2) is 8.42 Å². The Morgan fingerprint density at radius 2 is 2.30 bits per heavy atom. The highest BCUT2D eigenvalue weighted by molar-refractivity contribution is 7.92. The predicted octanol–water partition coefficient (Wildman–Crippen LogP) is 0.223. The molecule has 0 saturated carbocycles. The zero-order chi connectivity index (χ0) is 7.61. The number of aliphatic hydroxyl groups excluding tert-OH is 1. The molecule has 0 aromatic carbocycles. The molecule has 0 amide bonds. The molecule has 0 spiro atoms. The maximum atomic E-state index is 10.7. The van der Waals surface area contributed by atoms with Crippen molar-refractivity contribution in [2.75, 3.05) is 0 Å². The van der Waals surface area contributed by atoms with Gasteiger partial charge in [0.15, 0.2) is 0 Å². The molecule has 1 heterocycles. The molecule has 56 valence electrons. The molecule has 1 aliphatic rings.